The van der Waals surface area contributed by atoms with E-state index in [1.807, 2.05) is 32.0 Å². The number of rotatable bonds is 6. The molecule has 140 valence electrons. The van der Waals surface area contributed by atoms with Crippen molar-refractivity contribution in [2.45, 2.75) is 38.9 Å². The highest BCUT2D eigenvalue weighted by Gasteiger charge is 2.32. The molecule has 8 nitrogen and oxygen atoms in total. The number of nitrogens with one attached hydrogen (secondary N) is 3. The number of imidazole rings is 1. The molecule has 2 aromatic rings. The van der Waals surface area contributed by atoms with E-state index in [0.717, 1.165) is 23.3 Å². The molecule has 3 N–H and O–H groups in total. The second-order valence-electron chi connectivity index (χ2n) is 6.69. The number of carbonyl (C=O) groups is 2. The van der Waals surface area contributed by atoms with E-state index in [4.69, 9.17) is 4.74 Å². The topological polar surface area (TPSA) is 99.3 Å². The fourth-order valence-electron chi connectivity index (χ4n) is 3.24. The van der Waals surface area contributed by atoms with Crippen molar-refractivity contribution in [3.8, 4) is 5.75 Å². The number of carbonyl (C=O) groups excluding carboxylic acids is 2. The Morgan fingerprint density at radius 1 is 1.46 bits per heavy atom. The van der Waals surface area contributed by atoms with Crippen LogP contribution in [0.1, 0.15) is 26.1 Å². The van der Waals surface area contributed by atoms with Crippen molar-refractivity contribution >= 4 is 22.8 Å². The highest BCUT2D eigenvalue weighted by Crippen LogP contribution is 2.18. The van der Waals surface area contributed by atoms with E-state index in [-0.39, 0.29) is 30.8 Å². The van der Waals surface area contributed by atoms with Crippen molar-refractivity contribution in [3.63, 3.8) is 0 Å². The van der Waals surface area contributed by atoms with Gasteiger partial charge >= 0.3 is 0 Å². The van der Waals surface area contributed by atoms with E-state index >= 15 is 0 Å². The van der Waals surface area contributed by atoms with Crippen molar-refractivity contribution in [1.29, 1.82) is 0 Å². The third-order valence-electron chi connectivity index (χ3n) is 4.61. The summed E-state index contributed by atoms with van der Waals surface area (Å²) in [5.74, 6) is 1.15. The Morgan fingerprint density at radius 3 is 3.00 bits per heavy atom. The summed E-state index contributed by atoms with van der Waals surface area (Å²) in [6.07, 6.45) is 0.137. The van der Waals surface area contributed by atoms with E-state index in [0.29, 0.717) is 12.4 Å². The minimum absolute atomic E-state index is 0.0871. The number of piperazine rings is 1. The van der Waals surface area contributed by atoms with Gasteiger partial charge in [0, 0.05) is 25.2 Å². The molecule has 1 aromatic carbocycles. The van der Waals surface area contributed by atoms with Crippen molar-refractivity contribution in [1.82, 2.24) is 25.5 Å². The van der Waals surface area contributed by atoms with Crippen LogP contribution >= 0.6 is 0 Å². The van der Waals surface area contributed by atoms with Gasteiger partial charge in [-0.3, -0.25) is 14.5 Å². The summed E-state index contributed by atoms with van der Waals surface area (Å²) in [7, 11) is 1.61. The predicted octanol–water partition coefficient (Wildman–Crippen LogP) is 0.787. The monoisotopic (exact) mass is 359 g/mol. The molecule has 8 heteroatoms. The molecule has 0 spiro atoms. The van der Waals surface area contributed by atoms with Gasteiger partial charge < -0.3 is 20.4 Å². The average Bonchev–Trinajstić information content (AvgIpc) is 3.03. The summed E-state index contributed by atoms with van der Waals surface area (Å²) in [5, 5.41) is 5.68. The third-order valence-corrected chi connectivity index (χ3v) is 4.61. The van der Waals surface area contributed by atoms with Crippen LogP contribution in [-0.2, 0) is 16.1 Å². The lowest BCUT2D eigenvalue weighted by atomic mass is 10.1. The molecule has 2 heterocycles. The summed E-state index contributed by atoms with van der Waals surface area (Å²) in [6, 6.07) is 5.35. The van der Waals surface area contributed by atoms with Gasteiger partial charge in [0.1, 0.15) is 11.6 Å². The fourth-order valence-corrected chi connectivity index (χ4v) is 3.24. The number of aromatic nitrogens is 2. The number of hydrogen-bond acceptors (Lipinski definition) is 5. The summed E-state index contributed by atoms with van der Waals surface area (Å²) >= 11 is 0. The summed E-state index contributed by atoms with van der Waals surface area (Å²) in [6.45, 7) is 5.73. The maximum absolute atomic E-state index is 12.3. The number of amides is 2. The normalized spacial score (nSPS) is 18.2. The summed E-state index contributed by atoms with van der Waals surface area (Å²) in [5.41, 5.74) is 1.67. The molecule has 1 atom stereocenters. The molecular weight excluding hydrogens is 334 g/mol. The Kier molecular flexibility index (Phi) is 5.41. The second-order valence-corrected chi connectivity index (χ2v) is 6.69. The van der Waals surface area contributed by atoms with Crippen molar-refractivity contribution in [2.75, 3.05) is 20.2 Å². The van der Waals surface area contributed by atoms with Gasteiger partial charge in [-0.15, -0.1) is 0 Å². The van der Waals surface area contributed by atoms with Crippen LogP contribution in [0.5, 0.6) is 5.75 Å². The molecule has 0 radical (unpaired) electrons. The van der Waals surface area contributed by atoms with Gasteiger partial charge in [-0.2, -0.15) is 0 Å². The zero-order valence-corrected chi connectivity index (χ0v) is 15.3. The van der Waals surface area contributed by atoms with Crippen LogP contribution in [0.25, 0.3) is 11.0 Å². The number of hydrogen-bond donors (Lipinski definition) is 3. The molecule has 1 aliphatic heterocycles. The molecule has 0 saturated carbocycles. The Balaban J connectivity index is 1.60. The minimum atomic E-state index is -0.427. The summed E-state index contributed by atoms with van der Waals surface area (Å²) < 4.78 is 5.19. The lowest BCUT2D eigenvalue weighted by Crippen LogP contribution is -2.58. The van der Waals surface area contributed by atoms with Crippen molar-refractivity contribution in [3.05, 3.63) is 24.0 Å². The zero-order chi connectivity index (χ0) is 18.7. The second kappa shape index (κ2) is 7.74. The molecule has 1 fully saturated rings. The molecule has 1 aliphatic rings. The first-order valence-electron chi connectivity index (χ1n) is 8.80. The number of methoxy groups -OCH3 is 1. The molecule has 3 rings (SSSR count). The first-order chi connectivity index (χ1) is 12.5. The zero-order valence-electron chi connectivity index (χ0n) is 15.3. The number of H-pyrrole nitrogens is 1. The first-order valence-corrected chi connectivity index (χ1v) is 8.80. The largest absolute Gasteiger partial charge is 0.497 e. The average molecular weight is 359 g/mol. The highest BCUT2D eigenvalue weighted by molar-refractivity contribution is 5.88. The van der Waals surface area contributed by atoms with Crippen LogP contribution in [0.15, 0.2) is 18.2 Å². The van der Waals surface area contributed by atoms with Crippen LogP contribution in [0.4, 0.5) is 0 Å². The molecule has 26 heavy (non-hydrogen) atoms. The molecule has 0 unspecified atom stereocenters. The number of benzene rings is 1. The molecule has 2 amide bonds. The van der Waals surface area contributed by atoms with E-state index in [1.54, 1.807) is 7.11 Å². The highest BCUT2D eigenvalue weighted by atomic mass is 16.5. The number of nitrogens with zero attached hydrogens (tertiary/aromatic N) is 2. The van der Waals surface area contributed by atoms with Gasteiger partial charge in [0.05, 0.1) is 37.2 Å². The smallest absolute Gasteiger partial charge is 0.237 e. The van der Waals surface area contributed by atoms with Gasteiger partial charge in [-0.25, -0.2) is 4.98 Å². The Morgan fingerprint density at radius 2 is 2.27 bits per heavy atom. The van der Waals surface area contributed by atoms with Crippen LogP contribution in [0.2, 0.25) is 0 Å². The quantitative estimate of drug-likeness (QED) is 0.708. The molecule has 0 aliphatic carbocycles. The van der Waals surface area contributed by atoms with Crippen LogP contribution in [0, 0.1) is 0 Å². The first kappa shape index (κ1) is 18.2. The maximum atomic E-state index is 12.3. The van der Waals surface area contributed by atoms with Gasteiger partial charge in [0.25, 0.3) is 0 Å². The van der Waals surface area contributed by atoms with Crippen molar-refractivity contribution in [2.24, 2.45) is 0 Å². The van der Waals surface area contributed by atoms with Gasteiger partial charge in [-0.1, -0.05) is 0 Å². The van der Waals surface area contributed by atoms with Gasteiger partial charge in [-0.05, 0) is 26.0 Å². The lowest BCUT2D eigenvalue weighted by molar-refractivity contribution is -0.134. The fraction of sp³-hybridized carbons (Fsp3) is 0.500. The van der Waals surface area contributed by atoms with Crippen molar-refractivity contribution < 1.29 is 14.3 Å². The SMILES string of the molecule is COc1ccc2nc(CNC(=O)C[C@@H]3C(=O)NCCN3C(C)C)[nH]c2c1. The Hall–Kier alpha value is -2.61. The molecule has 0 bridgehead atoms. The van der Waals surface area contributed by atoms with Crippen LogP contribution in [-0.4, -0.2) is 59.0 Å². The van der Waals surface area contributed by atoms with Crippen LogP contribution in [0.3, 0.4) is 0 Å². The van der Waals surface area contributed by atoms with E-state index in [9.17, 15) is 9.59 Å². The van der Waals surface area contributed by atoms with Gasteiger partial charge in [0.15, 0.2) is 0 Å². The molecule has 1 aromatic heterocycles. The standard InChI is InChI=1S/C18H25N5O3/c1-11(2)23-7-6-19-18(25)15(23)9-17(24)20-10-16-21-13-5-4-12(26-3)8-14(13)22-16/h4-5,8,11,15H,6-7,9-10H2,1-3H3,(H,19,25)(H,20,24)(H,21,22)/t15-/m1/s1. The molecular formula is C18H25N5O3. The van der Waals surface area contributed by atoms with E-state index in [1.165, 1.54) is 0 Å². The van der Waals surface area contributed by atoms with E-state index in [2.05, 4.69) is 25.5 Å². The number of ether oxygens (including phenoxy) is 1. The Labute approximate surface area is 152 Å². The Bertz CT molecular complexity index is 801. The minimum Gasteiger partial charge on any atom is -0.497 e. The van der Waals surface area contributed by atoms with Gasteiger partial charge in [0.2, 0.25) is 11.8 Å². The predicted molar refractivity (Wildman–Crippen MR) is 97.7 cm³/mol. The number of aromatic amines is 1. The van der Waals surface area contributed by atoms with E-state index < -0.39 is 6.04 Å². The maximum Gasteiger partial charge on any atom is 0.237 e. The molecule has 1 saturated heterocycles. The van der Waals surface area contributed by atoms with Crippen LogP contribution < -0.4 is 15.4 Å². The summed E-state index contributed by atoms with van der Waals surface area (Å²) in [4.78, 5) is 34.1. The number of fused-ring (bicyclic) bond motifs is 1. The lowest BCUT2D eigenvalue weighted by Gasteiger charge is -2.37. The third kappa shape index (κ3) is 3.96.